The van der Waals surface area contributed by atoms with Gasteiger partial charge in [-0.3, -0.25) is 4.90 Å². The van der Waals surface area contributed by atoms with Gasteiger partial charge in [-0.05, 0) is 57.1 Å². The van der Waals surface area contributed by atoms with E-state index >= 15 is 0 Å². The molecule has 0 amide bonds. The molecule has 20 heavy (non-hydrogen) atoms. The predicted molar refractivity (Wildman–Crippen MR) is 89.4 cm³/mol. The van der Waals surface area contributed by atoms with Crippen molar-refractivity contribution in [1.29, 1.82) is 0 Å². The Labute approximate surface area is 129 Å². The van der Waals surface area contributed by atoms with Crippen molar-refractivity contribution in [2.24, 2.45) is 11.8 Å². The van der Waals surface area contributed by atoms with E-state index in [1.807, 2.05) is 0 Å². The van der Waals surface area contributed by atoms with E-state index in [4.69, 9.17) is 0 Å². The van der Waals surface area contributed by atoms with Gasteiger partial charge < -0.3 is 5.32 Å². The molecule has 4 atom stereocenters. The minimum absolute atomic E-state index is 0.392. The van der Waals surface area contributed by atoms with Gasteiger partial charge in [0.05, 0.1) is 0 Å². The van der Waals surface area contributed by atoms with E-state index in [0.717, 1.165) is 29.2 Å². The summed E-state index contributed by atoms with van der Waals surface area (Å²) in [4.78, 5) is 2.91. The van der Waals surface area contributed by atoms with Gasteiger partial charge >= 0.3 is 0 Å². The molecular weight excluding hydrogens is 264 g/mol. The summed E-state index contributed by atoms with van der Waals surface area (Å²) in [5, 5.41) is 4.83. The summed E-state index contributed by atoms with van der Waals surface area (Å²) < 4.78 is 0. The highest BCUT2D eigenvalue weighted by molar-refractivity contribution is 7.99. The topological polar surface area (TPSA) is 15.3 Å². The minimum atomic E-state index is 0.392. The monoisotopic (exact) mass is 296 g/mol. The summed E-state index contributed by atoms with van der Waals surface area (Å²) in [5.74, 6) is 1.70. The maximum Gasteiger partial charge on any atom is 0.0309 e. The molecule has 3 heteroatoms. The van der Waals surface area contributed by atoms with Crippen LogP contribution in [0.25, 0.3) is 0 Å². The predicted octanol–water partition coefficient (Wildman–Crippen LogP) is 3.37. The quantitative estimate of drug-likeness (QED) is 0.856. The molecule has 2 saturated carbocycles. The third-order valence-corrected chi connectivity index (χ3v) is 7.15. The molecule has 0 aromatic rings. The van der Waals surface area contributed by atoms with Gasteiger partial charge in [-0.15, -0.1) is 0 Å². The Kier molecular flexibility index (Phi) is 4.41. The highest BCUT2D eigenvalue weighted by Crippen LogP contribution is 2.43. The van der Waals surface area contributed by atoms with Crippen molar-refractivity contribution in [2.45, 2.75) is 75.7 Å². The van der Waals surface area contributed by atoms with Crippen LogP contribution in [0.3, 0.4) is 0 Å². The van der Waals surface area contributed by atoms with Crippen LogP contribution < -0.4 is 5.32 Å². The van der Waals surface area contributed by atoms with Crippen LogP contribution in [0.1, 0.15) is 52.9 Å². The second kappa shape index (κ2) is 5.81. The van der Waals surface area contributed by atoms with Crippen molar-refractivity contribution in [1.82, 2.24) is 10.2 Å². The smallest absolute Gasteiger partial charge is 0.0309 e. The molecule has 116 valence electrons. The van der Waals surface area contributed by atoms with E-state index in [0.29, 0.717) is 5.54 Å². The molecule has 1 saturated heterocycles. The molecule has 0 radical (unpaired) electrons. The molecule has 1 N–H and O–H groups in total. The minimum Gasteiger partial charge on any atom is -0.308 e. The first-order valence-electron chi connectivity index (χ1n) is 8.57. The summed E-state index contributed by atoms with van der Waals surface area (Å²) in [6, 6.07) is 1.59. The van der Waals surface area contributed by atoms with Gasteiger partial charge in [0.15, 0.2) is 0 Å². The largest absolute Gasteiger partial charge is 0.308 e. The zero-order valence-corrected chi connectivity index (χ0v) is 14.5. The molecule has 0 bridgehead atoms. The number of hydrogen-bond donors (Lipinski definition) is 1. The van der Waals surface area contributed by atoms with Crippen molar-refractivity contribution >= 4 is 11.8 Å². The third-order valence-electron chi connectivity index (χ3n) is 6.06. The van der Waals surface area contributed by atoms with Crippen LogP contribution in [-0.4, -0.2) is 47.1 Å². The van der Waals surface area contributed by atoms with Crippen LogP contribution in [0.5, 0.6) is 0 Å². The average Bonchev–Trinajstić information content (AvgIpc) is 3.17. The fraction of sp³-hybridized carbons (Fsp3) is 1.00. The van der Waals surface area contributed by atoms with Crippen molar-refractivity contribution < 1.29 is 0 Å². The van der Waals surface area contributed by atoms with Crippen LogP contribution in [-0.2, 0) is 0 Å². The molecule has 0 spiro atoms. The lowest BCUT2D eigenvalue weighted by Crippen LogP contribution is -2.66. The molecular formula is C17H32N2S. The Bertz CT molecular complexity index is 342. The van der Waals surface area contributed by atoms with E-state index in [2.05, 4.69) is 49.0 Å². The van der Waals surface area contributed by atoms with Crippen LogP contribution in [0.2, 0.25) is 0 Å². The van der Waals surface area contributed by atoms with E-state index in [9.17, 15) is 0 Å². The van der Waals surface area contributed by atoms with Gasteiger partial charge in [-0.25, -0.2) is 0 Å². The normalized spacial score (nSPS) is 43.4. The van der Waals surface area contributed by atoms with Crippen LogP contribution in [0.4, 0.5) is 0 Å². The molecule has 1 heterocycles. The molecule has 0 aromatic heterocycles. The van der Waals surface area contributed by atoms with Crippen LogP contribution in [0, 0.1) is 11.8 Å². The first-order valence-corrected chi connectivity index (χ1v) is 9.86. The number of rotatable bonds is 4. The Morgan fingerprint density at radius 1 is 1.20 bits per heavy atom. The van der Waals surface area contributed by atoms with Gasteiger partial charge in [0, 0.05) is 36.0 Å². The van der Waals surface area contributed by atoms with E-state index < -0.39 is 0 Å². The first-order chi connectivity index (χ1) is 9.53. The van der Waals surface area contributed by atoms with Crippen molar-refractivity contribution in [3.8, 4) is 0 Å². The lowest BCUT2D eigenvalue weighted by Gasteiger charge is -2.50. The first kappa shape index (κ1) is 15.2. The Morgan fingerprint density at radius 2 is 1.95 bits per heavy atom. The molecule has 0 aromatic carbocycles. The zero-order valence-electron chi connectivity index (χ0n) is 13.7. The molecule has 3 fully saturated rings. The fourth-order valence-corrected chi connectivity index (χ4v) is 5.24. The van der Waals surface area contributed by atoms with Crippen molar-refractivity contribution in [3.63, 3.8) is 0 Å². The molecule has 3 aliphatic rings. The Balaban J connectivity index is 1.72. The second-order valence-electron chi connectivity index (χ2n) is 7.88. The lowest BCUT2D eigenvalue weighted by molar-refractivity contribution is 0.0202. The highest BCUT2D eigenvalue weighted by Gasteiger charge is 2.48. The van der Waals surface area contributed by atoms with Gasteiger partial charge in [0.25, 0.3) is 0 Å². The third kappa shape index (κ3) is 2.91. The summed E-state index contributed by atoms with van der Waals surface area (Å²) >= 11 is 2.09. The molecule has 1 aliphatic heterocycles. The summed E-state index contributed by atoms with van der Waals surface area (Å²) in [6.45, 7) is 9.77. The number of piperazine rings is 1. The number of thioether (sulfide) groups is 1. The van der Waals surface area contributed by atoms with Gasteiger partial charge in [0.1, 0.15) is 0 Å². The lowest BCUT2D eigenvalue weighted by atomic mass is 9.86. The summed E-state index contributed by atoms with van der Waals surface area (Å²) in [7, 11) is 0. The fourth-order valence-electron chi connectivity index (χ4n) is 4.45. The van der Waals surface area contributed by atoms with Crippen LogP contribution in [0.15, 0.2) is 0 Å². The summed E-state index contributed by atoms with van der Waals surface area (Å²) in [6.07, 6.45) is 9.46. The van der Waals surface area contributed by atoms with E-state index in [-0.39, 0.29) is 0 Å². The SMILES string of the molecule is CSC1CCC(N2CC(C)(C3CC3)NCC2C(C)C)C1. The highest BCUT2D eigenvalue weighted by atomic mass is 32.2. The van der Waals surface area contributed by atoms with Crippen LogP contribution >= 0.6 is 11.8 Å². The Morgan fingerprint density at radius 3 is 2.50 bits per heavy atom. The van der Waals surface area contributed by atoms with Gasteiger partial charge in [-0.2, -0.15) is 11.8 Å². The van der Waals surface area contributed by atoms with Crippen molar-refractivity contribution in [3.05, 3.63) is 0 Å². The molecule has 2 nitrogen and oxygen atoms in total. The second-order valence-corrected chi connectivity index (χ2v) is 9.02. The van der Waals surface area contributed by atoms with Gasteiger partial charge in [-0.1, -0.05) is 13.8 Å². The number of nitrogens with zero attached hydrogens (tertiary/aromatic N) is 1. The Hall–Kier alpha value is 0.270. The van der Waals surface area contributed by atoms with E-state index in [1.165, 1.54) is 45.2 Å². The molecule has 2 aliphatic carbocycles. The summed E-state index contributed by atoms with van der Waals surface area (Å²) in [5.41, 5.74) is 0.392. The zero-order chi connectivity index (χ0) is 14.3. The maximum absolute atomic E-state index is 3.92. The molecule has 4 unspecified atom stereocenters. The number of hydrogen-bond acceptors (Lipinski definition) is 3. The standard InChI is InChI=1S/C17H32N2S/c1-12(2)16-10-18-17(3,13-5-6-13)11-19(16)14-7-8-15(9-14)20-4/h12-16,18H,5-11H2,1-4H3. The van der Waals surface area contributed by atoms with Gasteiger partial charge in [0.2, 0.25) is 0 Å². The van der Waals surface area contributed by atoms with Crippen molar-refractivity contribution in [2.75, 3.05) is 19.3 Å². The number of nitrogens with one attached hydrogen (secondary N) is 1. The molecule has 3 rings (SSSR count). The maximum atomic E-state index is 3.92. The average molecular weight is 297 g/mol. The van der Waals surface area contributed by atoms with E-state index in [1.54, 1.807) is 0 Å².